The number of urea groups is 1. The van der Waals surface area contributed by atoms with Crippen LogP contribution in [0.5, 0.6) is 0 Å². The number of anilines is 1. The van der Waals surface area contributed by atoms with Crippen molar-refractivity contribution in [1.82, 2.24) is 19.8 Å². The van der Waals surface area contributed by atoms with Gasteiger partial charge in [-0.3, -0.25) is 9.47 Å². The van der Waals surface area contributed by atoms with Gasteiger partial charge in [-0.05, 0) is 45.9 Å². The summed E-state index contributed by atoms with van der Waals surface area (Å²) in [7, 11) is 0. The molecule has 1 N–H and O–H groups in total. The second-order valence-corrected chi connectivity index (χ2v) is 9.28. The third kappa shape index (κ3) is 4.54. The highest BCUT2D eigenvalue weighted by atomic mass is 19.4. The minimum Gasteiger partial charge on any atom is -0.455 e. The number of hydrogen-bond acceptors (Lipinski definition) is 5. The van der Waals surface area contributed by atoms with Crippen LogP contribution in [0.25, 0.3) is 5.69 Å². The van der Waals surface area contributed by atoms with Crippen molar-refractivity contribution in [2.75, 3.05) is 24.5 Å². The Morgan fingerprint density at radius 2 is 1.91 bits per heavy atom. The van der Waals surface area contributed by atoms with Gasteiger partial charge in [0.2, 0.25) is 0 Å². The number of alkyl halides is 3. The first kappa shape index (κ1) is 23.1. The number of hydrogen-bond donors (Lipinski definition) is 1. The summed E-state index contributed by atoms with van der Waals surface area (Å²) < 4.78 is 47.3. The van der Waals surface area contributed by atoms with Crippen LogP contribution >= 0.6 is 0 Å². The Labute approximate surface area is 189 Å². The average Bonchev–Trinajstić information content (AvgIpc) is 3.14. The number of imidazole rings is 1. The number of amides is 2. The van der Waals surface area contributed by atoms with E-state index in [0.29, 0.717) is 31.0 Å². The zero-order chi connectivity index (χ0) is 24.1. The van der Waals surface area contributed by atoms with E-state index in [1.54, 1.807) is 30.2 Å². The lowest BCUT2D eigenvalue weighted by atomic mass is 10.1. The van der Waals surface area contributed by atoms with E-state index in [2.05, 4.69) is 10.3 Å². The number of fused-ring (bicyclic) bond motifs is 3. The zero-order valence-corrected chi connectivity index (χ0v) is 18.9. The first-order chi connectivity index (χ1) is 15.3. The first-order valence-electron chi connectivity index (χ1n) is 10.7. The zero-order valence-electron chi connectivity index (χ0n) is 18.9. The molecule has 1 aromatic heterocycles. The molecular weight excluding hydrogens is 439 g/mol. The molecule has 0 bridgehead atoms. The average molecular weight is 465 g/mol. The molecule has 0 aliphatic carbocycles. The van der Waals surface area contributed by atoms with Crippen molar-refractivity contribution in [1.29, 1.82) is 0 Å². The van der Waals surface area contributed by atoms with E-state index in [4.69, 9.17) is 4.74 Å². The molecule has 11 heteroatoms. The van der Waals surface area contributed by atoms with Crippen molar-refractivity contribution >= 4 is 17.7 Å². The van der Waals surface area contributed by atoms with Gasteiger partial charge in [0.15, 0.2) is 5.69 Å². The van der Waals surface area contributed by atoms with Crippen LogP contribution in [0.4, 0.5) is 23.7 Å². The molecule has 0 unspecified atom stereocenters. The van der Waals surface area contributed by atoms with E-state index in [9.17, 15) is 22.8 Å². The Morgan fingerprint density at radius 1 is 1.18 bits per heavy atom. The molecule has 1 atom stereocenters. The van der Waals surface area contributed by atoms with Crippen LogP contribution in [0.1, 0.15) is 49.4 Å². The van der Waals surface area contributed by atoms with Gasteiger partial charge in [0.05, 0.1) is 29.2 Å². The number of benzene rings is 1. The van der Waals surface area contributed by atoms with Crippen molar-refractivity contribution in [2.45, 2.75) is 52.1 Å². The van der Waals surface area contributed by atoms with E-state index in [-0.39, 0.29) is 24.0 Å². The Kier molecular flexibility index (Phi) is 5.63. The predicted octanol–water partition coefficient (Wildman–Crippen LogP) is 3.58. The van der Waals surface area contributed by atoms with Gasteiger partial charge in [0.1, 0.15) is 11.9 Å². The number of aromatic nitrogens is 2. The minimum absolute atomic E-state index is 0.0296. The Bertz CT molecular complexity index is 1090. The molecule has 2 amide bonds. The van der Waals surface area contributed by atoms with Gasteiger partial charge in [-0.1, -0.05) is 0 Å². The molecule has 4 rings (SSSR count). The van der Waals surface area contributed by atoms with Crippen LogP contribution in [0.2, 0.25) is 0 Å². The van der Waals surface area contributed by atoms with Crippen molar-refractivity contribution < 1.29 is 27.5 Å². The highest BCUT2D eigenvalue weighted by Crippen LogP contribution is 2.39. The van der Waals surface area contributed by atoms with Crippen molar-refractivity contribution in [3.05, 3.63) is 41.5 Å². The number of rotatable bonds is 1. The van der Waals surface area contributed by atoms with Crippen LogP contribution in [0.3, 0.4) is 0 Å². The molecule has 2 aliphatic heterocycles. The summed E-state index contributed by atoms with van der Waals surface area (Å²) in [5, 5.41) is 3.24. The molecule has 33 heavy (non-hydrogen) atoms. The number of halogens is 3. The van der Waals surface area contributed by atoms with Crippen molar-refractivity contribution in [3.63, 3.8) is 0 Å². The maximum Gasteiger partial charge on any atom is 0.416 e. The van der Waals surface area contributed by atoms with Gasteiger partial charge in [0.25, 0.3) is 0 Å². The van der Waals surface area contributed by atoms with E-state index < -0.39 is 29.3 Å². The molecule has 8 nitrogen and oxygen atoms in total. The molecule has 0 saturated carbocycles. The van der Waals surface area contributed by atoms with Crippen LogP contribution < -0.4 is 10.2 Å². The third-order valence-corrected chi connectivity index (χ3v) is 5.49. The highest BCUT2D eigenvalue weighted by Gasteiger charge is 2.38. The minimum atomic E-state index is -4.57. The lowest BCUT2D eigenvalue weighted by molar-refractivity contribution is -0.137. The van der Waals surface area contributed by atoms with E-state index in [1.807, 2.05) is 6.92 Å². The number of nitrogens with zero attached hydrogens (tertiary/aromatic N) is 4. The summed E-state index contributed by atoms with van der Waals surface area (Å²) in [4.78, 5) is 33.3. The number of ether oxygens (including phenoxy) is 1. The number of carbonyl (C=O) groups excluding carboxylic acids is 2. The Morgan fingerprint density at radius 3 is 2.55 bits per heavy atom. The molecule has 3 heterocycles. The predicted molar refractivity (Wildman–Crippen MR) is 114 cm³/mol. The van der Waals surface area contributed by atoms with Gasteiger partial charge < -0.3 is 15.0 Å². The van der Waals surface area contributed by atoms with E-state index >= 15 is 0 Å². The van der Waals surface area contributed by atoms with Crippen LogP contribution in [0.15, 0.2) is 24.5 Å². The molecule has 0 radical (unpaired) electrons. The molecule has 1 aromatic carbocycles. The van der Waals surface area contributed by atoms with E-state index in [1.165, 1.54) is 17.3 Å². The molecule has 2 aromatic rings. The standard InChI is InChI=1S/C22H26F3N5O3/c1-13-10-28(8-7-26-13)20(32)29-11-17-18(19(31)33-21(2,3)4)27-12-30(17)15-6-5-14(9-16(15)29)22(23,24)25/h5-6,9,12-13,26H,7-8,10-11H2,1-4H3/t13-/m0/s1. The number of nitrogens with one attached hydrogen (secondary N) is 1. The summed E-state index contributed by atoms with van der Waals surface area (Å²) in [5.74, 6) is -0.658. The fourth-order valence-corrected chi connectivity index (χ4v) is 4.03. The lowest BCUT2D eigenvalue weighted by Crippen LogP contribution is -2.55. The van der Waals surface area contributed by atoms with E-state index in [0.717, 1.165) is 12.1 Å². The van der Waals surface area contributed by atoms with Crippen molar-refractivity contribution in [2.24, 2.45) is 0 Å². The van der Waals surface area contributed by atoms with Crippen LogP contribution in [0, 0.1) is 0 Å². The quantitative estimate of drug-likeness (QED) is 0.652. The second kappa shape index (κ2) is 8.05. The summed E-state index contributed by atoms with van der Waals surface area (Å²) in [6.07, 6.45) is -3.19. The molecule has 0 spiro atoms. The topological polar surface area (TPSA) is 79.7 Å². The van der Waals surface area contributed by atoms with Crippen LogP contribution in [-0.4, -0.2) is 57.7 Å². The van der Waals surface area contributed by atoms with Crippen LogP contribution in [-0.2, 0) is 17.5 Å². The molecule has 178 valence electrons. The SMILES string of the molecule is C[C@H]1CN(C(=O)N2Cc3c(C(=O)OC(C)(C)C)ncn3-c3ccc(C(F)(F)F)cc32)CCN1. The monoisotopic (exact) mass is 465 g/mol. The normalized spacial score (nSPS) is 18.6. The summed E-state index contributed by atoms with van der Waals surface area (Å²) >= 11 is 0. The van der Waals surface area contributed by atoms with Crippen molar-refractivity contribution in [3.8, 4) is 5.69 Å². The summed E-state index contributed by atoms with van der Waals surface area (Å²) in [6.45, 7) is 8.42. The van der Waals surface area contributed by atoms with Gasteiger partial charge in [0, 0.05) is 25.7 Å². The van der Waals surface area contributed by atoms with Gasteiger partial charge >= 0.3 is 18.2 Å². The molecule has 1 fully saturated rings. The Balaban J connectivity index is 1.79. The van der Waals surface area contributed by atoms with Gasteiger partial charge in [-0.15, -0.1) is 0 Å². The first-order valence-corrected chi connectivity index (χ1v) is 10.7. The maximum absolute atomic E-state index is 13.5. The third-order valence-electron chi connectivity index (χ3n) is 5.49. The molecule has 2 aliphatic rings. The van der Waals surface area contributed by atoms with Gasteiger partial charge in [-0.25, -0.2) is 14.6 Å². The number of piperazine rings is 1. The number of esters is 1. The second-order valence-electron chi connectivity index (χ2n) is 9.28. The summed E-state index contributed by atoms with van der Waals surface area (Å²) in [6, 6.07) is 2.84. The highest BCUT2D eigenvalue weighted by molar-refractivity contribution is 5.97. The number of carbonyl (C=O) groups is 2. The maximum atomic E-state index is 13.5. The largest absolute Gasteiger partial charge is 0.455 e. The summed E-state index contributed by atoms with van der Waals surface area (Å²) in [5.41, 5.74) is -0.753. The Hall–Kier alpha value is -3.08. The fourth-order valence-electron chi connectivity index (χ4n) is 4.03. The fraction of sp³-hybridized carbons (Fsp3) is 0.500. The van der Waals surface area contributed by atoms with Gasteiger partial charge in [-0.2, -0.15) is 13.2 Å². The molecule has 1 saturated heterocycles. The molecular formula is C22H26F3N5O3. The smallest absolute Gasteiger partial charge is 0.416 e. The lowest BCUT2D eigenvalue weighted by Gasteiger charge is -2.38.